The summed E-state index contributed by atoms with van der Waals surface area (Å²) in [5.74, 6) is 0. The van der Waals surface area contributed by atoms with Crippen molar-refractivity contribution in [1.29, 1.82) is 0 Å². The minimum absolute atomic E-state index is 0.394. The number of aromatic nitrogens is 1. The molecule has 0 saturated heterocycles. The molecule has 1 saturated carbocycles. The van der Waals surface area contributed by atoms with Crippen LogP contribution in [0.25, 0.3) is 0 Å². The minimum atomic E-state index is 0.394. The second-order valence-electron chi connectivity index (χ2n) is 5.39. The average molecular weight is 238 g/mol. The van der Waals surface area contributed by atoms with E-state index in [1.165, 1.54) is 37.8 Å². The summed E-state index contributed by atoms with van der Waals surface area (Å²) < 4.78 is 0. The van der Waals surface area contributed by atoms with Gasteiger partial charge in [-0.2, -0.15) is 0 Å². The van der Waals surface area contributed by atoms with E-state index in [2.05, 4.69) is 29.5 Å². The third-order valence-corrected chi connectivity index (χ3v) is 4.40. The molecule has 0 aliphatic heterocycles. The van der Waals surface area contributed by atoms with Gasteiger partial charge in [0.05, 0.1) is 11.2 Å². The van der Waals surface area contributed by atoms with Gasteiger partial charge in [0, 0.05) is 18.0 Å². The molecule has 1 aliphatic carbocycles. The summed E-state index contributed by atoms with van der Waals surface area (Å²) in [5.41, 5.74) is 3.61. The fourth-order valence-corrected chi connectivity index (χ4v) is 3.17. The summed E-state index contributed by atoms with van der Waals surface area (Å²) in [4.78, 5) is 4.36. The largest absolute Gasteiger partial charge is 0.308 e. The Morgan fingerprint density at radius 1 is 1.44 bits per heavy atom. The second kappa shape index (κ2) is 5.28. The van der Waals surface area contributed by atoms with Gasteiger partial charge in [0.25, 0.3) is 0 Å². The van der Waals surface area contributed by atoms with Gasteiger partial charge in [0.15, 0.2) is 0 Å². The maximum atomic E-state index is 4.36. The Balaban J connectivity index is 1.82. The number of thiazole rings is 1. The molecule has 1 aliphatic rings. The van der Waals surface area contributed by atoms with E-state index in [1.54, 1.807) is 11.3 Å². The molecule has 1 heterocycles. The van der Waals surface area contributed by atoms with E-state index in [4.69, 9.17) is 0 Å². The molecule has 1 N–H and O–H groups in total. The summed E-state index contributed by atoms with van der Waals surface area (Å²) >= 11 is 1.68. The van der Waals surface area contributed by atoms with Crippen molar-refractivity contribution in [3.63, 3.8) is 0 Å². The highest BCUT2D eigenvalue weighted by molar-refractivity contribution is 7.07. The number of hydrogen-bond acceptors (Lipinski definition) is 3. The van der Waals surface area contributed by atoms with Crippen LogP contribution in [0.15, 0.2) is 10.9 Å². The molecule has 1 atom stereocenters. The lowest BCUT2D eigenvalue weighted by atomic mass is 9.75. The van der Waals surface area contributed by atoms with Crippen LogP contribution in [0.3, 0.4) is 0 Å². The number of rotatable bonds is 4. The van der Waals surface area contributed by atoms with Gasteiger partial charge in [0.2, 0.25) is 0 Å². The van der Waals surface area contributed by atoms with E-state index in [9.17, 15) is 0 Å². The fourth-order valence-electron chi connectivity index (χ4n) is 2.52. The Morgan fingerprint density at radius 3 is 2.81 bits per heavy atom. The van der Waals surface area contributed by atoms with Crippen LogP contribution in [-0.2, 0) is 0 Å². The standard InChI is InChI=1S/C13H22N2S/c1-11(12-8-16-10-15-12)14-9-13(2)6-4-3-5-7-13/h8,10-11,14H,3-7,9H2,1-2H3. The Kier molecular flexibility index (Phi) is 3.98. The van der Waals surface area contributed by atoms with Gasteiger partial charge >= 0.3 is 0 Å². The predicted molar refractivity (Wildman–Crippen MR) is 69.7 cm³/mol. The summed E-state index contributed by atoms with van der Waals surface area (Å²) in [6.45, 7) is 5.76. The first-order valence-electron chi connectivity index (χ1n) is 6.31. The van der Waals surface area contributed by atoms with Gasteiger partial charge < -0.3 is 5.32 Å². The zero-order valence-electron chi connectivity index (χ0n) is 10.3. The monoisotopic (exact) mass is 238 g/mol. The van der Waals surface area contributed by atoms with Crippen molar-refractivity contribution in [2.75, 3.05) is 6.54 Å². The highest BCUT2D eigenvalue weighted by atomic mass is 32.1. The first-order valence-corrected chi connectivity index (χ1v) is 7.25. The Bertz CT molecular complexity index is 302. The van der Waals surface area contributed by atoms with Crippen molar-refractivity contribution in [2.45, 2.75) is 52.0 Å². The highest BCUT2D eigenvalue weighted by Gasteiger charge is 2.26. The molecular weight excluding hydrogens is 216 g/mol. The maximum absolute atomic E-state index is 4.36. The molecule has 1 unspecified atom stereocenters. The van der Waals surface area contributed by atoms with Crippen LogP contribution in [-0.4, -0.2) is 11.5 Å². The number of nitrogens with zero attached hydrogens (tertiary/aromatic N) is 1. The second-order valence-corrected chi connectivity index (χ2v) is 6.11. The highest BCUT2D eigenvalue weighted by Crippen LogP contribution is 2.35. The lowest BCUT2D eigenvalue weighted by Crippen LogP contribution is -2.35. The third kappa shape index (κ3) is 3.05. The fraction of sp³-hybridized carbons (Fsp3) is 0.769. The van der Waals surface area contributed by atoms with Crippen LogP contribution in [0, 0.1) is 5.41 Å². The van der Waals surface area contributed by atoms with Gasteiger partial charge in [-0.05, 0) is 25.2 Å². The van der Waals surface area contributed by atoms with E-state index in [0.29, 0.717) is 11.5 Å². The van der Waals surface area contributed by atoms with Gasteiger partial charge in [0.1, 0.15) is 0 Å². The maximum Gasteiger partial charge on any atom is 0.0795 e. The van der Waals surface area contributed by atoms with Crippen molar-refractivity contribution < 1.29 is 0 Å². The quantitative estimate of drug-likeness (QED) is 0.864. The molecule has 2 rings (SSSR count). The molecule has 0 radical (unpaired) electrons. The topological polar surface area (TPSA) is 24.9 Å². The zero-order chi connectivity index (χ0) is 11.4. The molecule has 0 aromatic carbocycles. The molecule has 0 spiro atoms. The summed E-state index contributed by atoms with van der Waals surface area (Å²) in [7, 11) is 0. The Morgan fingerprint density at radius 2 is 2.19 bits per heavy atom. The number of nitrogens with one attached hydrogen (secondary N) is 1. The molecule has 3 heteroatoms. The Hall–Kier alpha value is -0.410. The van der Waals surface area contributed by atoms with Gasteiger partial charge in [-0.15, -0.1) is 11.3 Å². The lowest BCUT2D eigenvalue weighted by molar-refractivity contribution is 0.201. The molecule has 2 nitrogen and oxygen atoms in total. The van der Waals surface area contributed by atoms with Crippen molar-refractivity contribution in [3.05, 3.63) is 16.6 Å². The summed E-state index contributed by atoms with van der Waals surface area (Å²) in [5, 5.41) is 5.78. The smallest absolute Gasteiger partial charge is 0.0795 e. The molecular formula is C13H22N2S. The van der Waals surface area contributed by atoms with Crippen LogP contribution in [0.4, 0.5) is 0 Å². The molecule has 0 amide bonds. The lowest BCUT2D eigenvalue weighted by Gasteiger charge is -2.34. The van der Waals surface area contributed by atoms with Gasteiger partial charge in [-0.1, -0.05) is 26.2 Å². The summed E-state index contributed by atoms with van der Waals surface area (Å²) in [6, 6.07) is 0.394. The molecule has 1 aromatic heterocycles. The van der Waals surface area contributed by atoms with Crippen LogP contribution in [0.5, 0.6) is 0 Å². The van der Waals surface area contributed by atoms with E-state index in [-0.39, 0.29) is 0 Å². The molecule has 1 aromatic rings. The van der Waals surface area contributed by atoms with Gasteiger partial charge in [-0.25, -0.2) is 4.98 Å². The molecule has 90 valence electrons. The first kappa shape index (κ1) is 12.1. The average Bonchev–Trinajstić information content (AvgIpc) is 2.80. The van der Waals surface area contributed by atoms with E-state index in [1.807, 2.05) is 5.51 Å². The SMILES string of the molecule is CC(NCC1(C)CCCCC1)c1cscn1. The first-order chi connectivity index (χ1) is 7.70. The summed E-state index contributed by atoms with van der Waals surface area (Å²) in [6.07, 6.45) is 7.00. The molecule has 1 fully saturated rings. The Labute approximate surface area is 102 Å². The van der Waals surface area contributed by atoms with Crippen LogP contribution >= 0.6 is 11.3 Å². The van der Waals surface area contributed by atoms with Crippen molar-refractivity contribution >= 4 is 11.3 Å². The van der Waals surface area contributed by atoms with Crippen molar-refractivity contribution in [1.82, 2.24) is 10.3 Å². The van der Waals surface area contributed by atoms with E-state index in [0.717, 1.165) is 6.54 Å². The van der Waals surface area contributed by atoms with Crippen LogP contribution in [0.1, 0.15) is 57.7 Å². The number of hydrogen-bond donors (Lipinski definition) is 1. The van der Waals surface area contributed by atoms with Crippen LogP contribution in [0.2, 0.25) is 0 Å². The van der Waals surface area contributed by atoms with Crippen molar-refractivity contribution in [2.24, 2.45) is 5.41 Å². The van der Waals surface area contributed by atoms with Crippen LogP contribution < -0.4 is 5.32 Å². The predicted octanol–water partition coefficient (Wildman–Crippen LogP) is 3.76. The normalized spacial score (nSPS) is 21.9. The zero-order valence-corrected chi connectivity index (χ0v) is 11.1. The third-order valence-electron chi connectivity index (χ3n) is 3.79. The molecule has 0 bridgehead atoms. The van der Waals surface area contributed by atoms with Gasteiger partial charge in [-0.3, -0.25) is 0 Å². The molecule has 16 heavy (non-hydrogen) atoms. The minimum Gasteiger partial charge on any atom is -0.308 e. The van der Waals surface area contributed by atoms with E-state index < -0.39 is 0 Å². The van der Waals surface area contributed by atoms with E-state index >= 15 is 0 Å². The van der Waals surface area contributed by atoms with Crippen molar-refractivity contribution in [3.8, 4) is 0 Å².